The van der Waals surface area contributed by atoms with E-state index >= 15 is 0 Å². The molecule has 0 heterocycles. The number of hydrazone groups is 1. The number of nitrogens with zero attached hydrogens (tertiary/aromatic N) is 2. The average molecular weight is 683 g/mol. The van der Waals surface area contributed by atoms with E-state index in [-0.39, 0.29) is 21.4 Å². The van der Waals surface area contributed by atoms with E-state index in [0.29, 0.717) is 24.3 Å². The van der Waals surface area contributed by atoms with Crippen molar-refractivity contribution in [1.29, 1.82) is 0 Å². The van der Waals surface area contributed by atoms with E-state index in [2.05, 4.69) is 33.0 Å². The van der Waals surface area contributed by atoms with Gasteiger partial charge < -0.3 is 9.47 Å². The van der Waals surface area contributed by atoms with Crippen LogP contribution >= 0.6 is 27.5 Å². The molecule has 0 bridgehead atoms. The van der Waals surface area contributed by atoms with Crippen molar-refractivity contribution in [3.63, 3.8) is 0 Å². The van der Waals surface area contributed by atoms with Gasteiger partial charge in [-0.15, -0.1) is 6.58 Å². The lowest BCUT2D eigenvalue weighted by Gasteiger charge is -2.25. The molecule has 8 nitrogen and oxygen atoms in total. The Balaban J connectivity index is 1.50. The summed E-state index contributed by atoms with van der Waals surface area (Å²) in [5.74, 6) is 0.275. The van der Waals surface area contributed by atoms with Crippen molar-refractivity contribution in [2.24, 2.45) is 5.10 Å². The molecule has 0 unspecified atom stereocenters. The minimum absolute atomic E-state index is 0.00511. The molecule has 0 saturated heterocycles. The molecular weight excluding hydrogens is 654 g/mol. The van der Waals surface area contributed by atoms with E-state index in [0.717, 1.165) is 19.9 Å². The Labute approximate surface area is 264 Å². The molecule has 43 heavy (non-hydrogen) atoms. The van der Waals surface area contributed by atoms with Crippen molar-refractivity contribution in [2.45, 2.75) is 17.9 Å². The minimum Gasteiger partial charge on any atom is -0.495 e. The zero-order valence-corrected chi connectivity index (χ0v) is 26.4. The van der Waals surface area contributed by atoms with Gasteiger partial charge in [-0.2, -0.15) is 5.10 Å². The number of sulfonamides is 1. The zero-order valence-electron chi connectivity index (χ0n) is 23.2. The molecule has 0 spiro atoms. The molecule has 0 atom stereocenters. The predicted molar refractivity (Wildman–Crippen MR) is 174 cm³/mol. The maximum Gasteiger partial charge on any atom is 0.264 e. The fourth-order valence-electron chi connectivity index (χ4n) is 4.10. The highest BCUT2D eigenvalue weighted by Gasteiger charge is 2.29. The van der Waals surface area contributed by atoms with E-state index in [1.54, 1.807) is 30.3 Å². The highest BCUT2D eigenvalue weighted by Crippen LogP contribution is 2.34. The van der Waals surface area contributed by atoms with Crippen molar-refractivity contribution in [3.8, 4) is 11.5 Å². The van der Waals surface area contributed by atoms with E-state index < -0.39 is 22.5 Å². The summed E-state index contributed by atoms with van der Waals surface area (Å²) in [4.78, 5) is 13.0. The fourth-order valence-corrected chi connectivity index (χ4v) is 5.97. The second-order valence-corrected chi connectivity index (χ2v) is 12.4. The SMILES string of the molecule is C=CCc1cc(/C=N/NC(=O)CN(c2cc(Cl)ccc2OC)S(=O)(=O)c2ccccc2)ccc1OCc1ccc(Br)cc1. The first-order chi connectivity index (χ1) is 20.7. The largest absolute Gasteiger partial charge is 0.495 e. The zero-order chi connectivity index (χ0) is 30.8. The van der Waals surface area contributed by atoms with E-state index in [4.69, 9.17) is 21.1 Å². The number of anilines is 1. The van der Waals surface area contributed by atoms with Crippen molar-refractivity contribution in [2.75, 3.05) is 18.0 Å². The van der Waals surface area contributed by atoms with Crippen molar-refractivity contribution < 1.29 is 22.7 Å². The summed E-state index contributed by atoms with van der Waals surface area (Å²) in [6.07, 6.45) is 3.81. The Kier molecular flexibility index (Phi) is 11.0. The van der Waals surface area contributed by atoms with Crippen molar-refractivity contribution in [1.82, 2.24) is 5.43 Å². The molecule has 0 aliphatic rings. The lowest BCUT2D eigenvalue weighted by molar-refractivity contribution is -0.119. The molecule has 4 aromatic rings. The summed E-state index contributed by atoms with van der Waals surface area (Å²) in [5, 5.41) is 4.34. The summed E-state index contributed by atoms with van der Waals surface area (Å²) < 4.78 is 40.6. The summed E-state index contributed by atoms with van der Waals surface area (Å²) in [6, 6.07) is 25.7. The lowest BCUT2D eigenvalue weighted by Crippen LogP contribution is -2.39. The standard InChI is InChI=1S/C32H29BrClN3O5S/c1-3-7-25-18-24(12-16-30(25)42-22-23-10-13-26(33)14-11-23)20-35-36-32(38)21-37(29-19-27(34)15-17-31(29)41-2)43(39,40)28-8-5-4-6-9-28/h3-6,8-20H,1,7,21-22H2,2H3,(H,36,38)/b35-20+. The number of carbonyl (C=O) groups excluding carboxylic acids is 1. The second-order valence-electron chi connectivity index (χ2n) is 9.21. The normalized spacial score (nSPS) is 11.2. The van der Waals surface area contributed by atoms with Gasteiger partial charge in [0.2, 0.25) is 0 Å². The van der Waals surface area contributed by atoms with Crippen LogP contribution < -0.4 is 19.2 Å². The van der Waals surface area contributed by atoms with Gasteiger partial charge in [-0.05, 0) is 83.8 Å². The molecule has 11 heteroatoms. The predicted octanol–water partition coefficient (Wildman–Crippen LogP) is 6.76. The molecule has 4 rings (SSSR count). The van der Waals surface area contributed by atoms with Crippen molar-refractivity contribution >= 4 is 55.4 Å². The minimum atomic E-state index is -4.16. The van der Waals surface area contributed by atoms with Crippen LogP contribution in [0, 0.1) is 0 Å². The first-order valence-electron chi connectivity index (χ1n) is 13.1. The number of allylic oxidation sites excluding steroid dienone is 1. The Morgan fingerprint density at radius 1 is 1.02 bits per heavy atom. The van der Waals surface area contributed by atoms with Gasteiger partial charge in [0.15, 0.2) is 0 Å². The topological polar surface area (TPSA) is 97.3 Å². The summed E-state index contributed by atoms with van der Waals surface area (Å²) in [5.41, 5.74) is 5.17. The molecule has 1 amide bonds. The van der Waals surface area contributed by atoms with Gasteiger partial charge in [0, 0.05) is 9.50 Å². The van der Waals surface area contributed by atoms with Gasteiger partial charge >= 0.3 is 0 Å². The number of hydrogen-bond acceptors (Lipinski definition) is 6. The van der Waals surface area contributed by atoms with Crippen LogP contribution in [-0.2, 0) is 27.8 Å². The Morgan fingerprint density at radius 2 is 1.74 bits per heavy atom. The molecule has 222 valence electrons. The van der Waals surface area contributed by atoms with Gasteiger partial charge in [-0.3, -0.25) is 9.10 Å². The highest BCUT2D eigenvalue weighted by atomic mass is 79.9. The van der Waals surface area contributed by atoms with Gasteiger partial charge in [0.05, 0.1) is 23.9 Å². The Morgan fingerprint density at radius 3 is 2.44 bits per heavy atom. The van der Waals surface area contributed by atoms with Crippen LogP contribution in [0.3, 0.4) is 0 Å². The number of hydrogen-bond donors (Lipinski definition) is 1. The summed E-state index contributed by atoms with van der Waals surface area (Å²) >= 11 is 9.62. The lowest BCUT2D eigenvalue weighted by atomic mass is 10.1. The Hall–Kier alpha value is -4.12. The van der Waals surface area contributed by atoms with Crippen LogP contribution in [0.5, 0.6) is 11.5 Å². The van der Waals surface area contributed by atoms with E-state index in [1.165, 1.54) is 37.6 Å². The number of methoxy groups -OCH3 is 1. The molecule has 0 aliphatic carbocycles. The molecule has 0 fully saturated rings. The average Bonchev–Trinajstić information content (AvgIpc) is 3.01. The number of rotatable bonds is 13. The van der Waals surface area contributed by atoms with Gasteiger partial charge in [-0.25, -0.2) is 13.8 Å². The molecule has 0 saturated carbocycles. The Bertz CT molecular complexity index is 1720. The number of ether oxygens (including phenoxy) is 2. The second kappa shape index (κ2) is 14.9. The van der Waals surface area contributed by atoms with Gasteiger partial charge in [-0.1, -0.05) is 63.9 Å². The molecule has 0 aliphatic heterocycles. The maximum absolute atomic E-state index is 13.6. The molecular formula is C32H29BrClN3O5S. The number of halogens is 2. The first-order valence-corrected chi connectivity index (χ1v) is 15.7. The fraction of sp³-hybridized carbons (Fsp3) is 0.125. The monoisotopic (exact) mass is 681 g/mol. The van der Waals surface area contributed by atoms with Gasteiger partial charge in [0.25, 0.3) is 15.9 Å². The van der Waals surface area contributed by atoms with E-state index in [1.807, 2.05) is 42.5 Å². The van der Waals surface area contributed by atoms with Crippen LogP contribution in [0.2, 0.25) is 5.02 Å². The van der Waals surface area contributed by atoms with Crippen LogP contribution in [0.15, 0.2) is 118 Å². The first kappa shape index (κ1) is 31.8. The highest BCUT2D eigenvalue weighted by molar-refractivity contribution is 9.10. The number of carbonyl (C=O) groups is 1. The number of nitrogens with one attached hydrogen (secondary N) is 1. The maximum atomic E-state index is 13.6. The third-order valence-corrected chi connectivity index (χ3v) is 8.72. The molecule has 0 aromatic heterocycles. The number of benzene rings is 4. The van der Waals surface area contributed by atoms with Gasteiger partial charge in [0.1, 0.15) is 24.7 Å². The third kappa shape index (κ3) is 8.47. The van der Waals surface area contributed by atoms with Crippen LogP contribution in [0.1, 0.15) is 16.7 Å². The molecule has 0 radical (unpaired) electrons. The van der Waals surface area contributed by atoms with E-state index in [9.17, 15) is 13.2 Å². The smallest absolute Gasteiger partial charge is 0.264 e. The third-order valence-electron chi connectivity index (χ3n) is 6.19. The summed E-state index contributed by atoms with van der Waals surface area (Å²) in [7, 11) is -2.76. The van der Waals surface area contributed by atoms with Crippen LogP contribution in [0.25, 0.3) is 0 Å². The molecule has 1 N–H and O–H groups in total. The molecule has 4 aromatic carbocycles. The van der Waals surface area contributed by atoms with Crippen LogP contribution in [-0.4, -0.2) is 34.2 Å². The van der Waals surface area contributed by atoms with Crippen LogP contribution in [0.4, 0.5) is 5.69 Å². The summed E-state index contributed by atoms with van der Waals surface area (Å²) in [6.45, 7) is 3.66. The van der Waals surface area contributed by atoms with Crippen molar-refractivity contribution in [3.05, 3.63) is 130 Å². The quantitative estimate of drug-likeness (QED) is 0.0955. The number of amides is 1.